The van der Waals surface area contributed by atoms with E-state index in [1.807, 2.05) is 6.26 Å². The molecule has 1 fully saturated rings. The zero-order valence-electron chi connectivity index (χ0n) is 12.0. The molecule has 4 heteroatoms. The quantitative estimate of drug-likeness (QED) is 0.748. The molecule has 0 saturated heterocycles. The van der Waals surface area contributed by atoms with E-state index in [1.54, 1.807) is 11.8 Å². The number of carbonyl (C=O) groups excluding carboxylic acids is 1. The minimum atomic E-state index is -0.350. The zero-order valence-corrected chi connectivity index (χ0v) is 12.8. The van der Waals surface area contributed by atoms with Gasteiger partial charge in [0, 0.05) is 6.54 Å². The highest BCUT2D eigenvalue weighted by Gasteiger charge is 2.32. The molecule has 0 aromatic carbocycles. The molecule has 106 valence electrons. The number of hydrogen-bond acceptors (Lipinski definition) is 3. The molecule has 0 spiro atoms. The third-order valence-corrected chi connectivity index (χ3v) is 4.79. The van der Waals surface area contributed by atoms with Gasteiger partial charge in [-0.2, -0.15) is 11.8 Å². The molecule has 0 aromatic rings. The van der Waals surface area contributed by atoms with Gasteiger partial charge in [-0.1, -0.05) is 26.7 Å². The van der Waals surface area contributed by atoms with E-state index in [0.29, 0.717) is 0 Å². The summed E-state index contributed by atoms with van der Waals surface area (Å²) >= 11 is 1.73. The molecular weight excluding hydrogens is 244 g/mol. The Labute approximate surface area is 116 Å². The second-order valence-corrected chi connectivity index (χ2v) is 7.06. The van der Waals surface area contributed by atoms with Crippen molar-refractivity contribution in [1.29, 1.82) is 0 Å². The van der Waals surface area contributed by atoms with Gasteiger partial charge in [0.15, 0.2) is 0 Å². The van der Waals surface area contributed by atoms with Gasteiger partial charge in [-0.15, -0.1) is 0 Å². The molecule has 1 aliphatic rings. The standard InChI is InChI=1S/C14H28N2OS/c1-14(2,11-6-4-5-7-11)10-16-13(17)12(15)8-9-18-3/h11-12H,4-10,15H2,1-3H3,(H,16,17). The number of rotatable bonds is 7. The van der Waals surface area contributed by atoms with Crippen molar-refractivity contribution >= 4 is 17.7 Å². The van der Waals surface area contributed by atoms with E-state index >= 15 is 0 Å². The number of thioether (sulfide) groups is 1. The summed E-state index contributed by atoms with van der Waals surface area (Å²) in [5, 5.41) is 3.04. The van der Waals surface area contributed by atoms with Crippen molar-refractivity contribution in [3.05, 3.63) is 0 Å². The van der Waals surface area contributed by atoms with E-state index in [0.717, 1.165) is 24.6 Å². The lowest BCUT2D eigenvalue weighted by Crippen LogP contribution is -2.45. The van der Waals surface area contributed by atoms with Crippen LogP contribution in [0.25, 0.3) is 0 Å². The summed E-state index contributed by atoms with van der Waals surface area (Å²) in [4.78, 5) is 11.9. The monoisotopic (exact) mass is 272 g/mol. The Morgan fingerprint density at radius 2 is 2.06 bits per heavy atom. The van der Waals surface area contributed by atoms with E-state index < -0.39 is 0 Å². The predicted octanol–water partition coefficient (Wildman–Crippen LogP) is 2.40. The molecule has 1 rings (SSSR count). The van der Waals surface area contributed by atoms with Crippen LogP contribution in [0.5, 0.6) is 0 Å². The molecule has 1 amide bonds. The molecule has 1 aliphatic carbocycles. The van der Waals surface area contributed by atoms with Gasteiger partial charge in [-0.3, -0.25) is 4.79 Å². The first-order valence-corrected chi connectivity index (χ1v) is 8.39. The third kappa shape index (κ3) is 4.81. The van der Waals surface area contributed by atoms with Crippen LogP contribution >= 0.6 is 11.8 Å². The SMILES string of the molecule is CSCCC(N)C(=O)NCC(C)(C)C1CCCC1. The largest absolute Gasteiger partial charge is 0.354 e. The van der Waals surface area contributed by atoms with E-state index in [9.17, 15) is 4.79 Å². The van der Waals surface area contributed by atoms with Crippen molar-refractivity contribution in [3.63, 3.8) is 0 Å². The van der Waals surface area contributed by atoms with Crippen LogP contribution in [0.2, 0.25) is 0 Å². The van der Waals surface area contributed by atoms with E-state index in [4.69, 9.17) is 5.73 Å². The average Bonchev–Trinajstić information content (AvgIpc) is 2.87. The number of nitrogens with one attached hydrogen (secondary N) is 1. The highest BCUT2D eigenvalue weighted by atomic mass is 32.2. The molecule has 0 radical (unpaired) electrons. The molecule has 0 heterocycles. The van der Waals surface area contributed by atoms with Crippen LogP contribution in [0.3, 0.4) is 0 Å². The summed E-state index contributed by atoms with van der Waals surface area (Å²) in [6.07, 6.45) is 8.10. The maximum atomic E-state index is 11.9. The van der Waals surface area contributed by atoms with Gasteiger partial charge in [-0.05, 0) is 42.6 Å². The Balaban J connectivity index is 2.32. The molecule has 18 heavy (non-hydrogen) atoms. The maximum absolute atomic E-state index is 11.9. The molecule has 1 unspecified atom stereocenters. The van der Waals surface area contributed by atoms with Crippen LogP contribution < -0.4 is 11.1 Å². The topological polar surface area (TPSA) is 55.1 Å². The molecule has 0 aliphatic heterocycles. The van der Waals surface area contributed by atoms with Crippen LogP contribution in [0.15, 0.2) is 0 Å². The van der Waals surface area contributed by atoms with Gasteiger partial charge in [-0.25, -0.2) is 0 Å². The van der Waals surface area contributed by atoms with Gasteiger partial charge in [0.2, 0.25) is 5.91 Å². The van der Waals surface area contributed by atoms with Crippen molar-refractivity contribution in [1.82, 2.24) is 5.32 Å². The lowest BCUT2D eigenvalue weighted by Gasteiger charge is -2.32. The van der Waals surface area contributed by atoms with Crippen molar-refractivity contribution in [3.8, 4) is 0 Å². The molecular formula is C14H28N2OS. The Morgan fingerprint density at radius 3 is 2.61 bits per heavy atom. The fourth-order valence-electron chi connectivity index (χ4n) is 2.67. The summed E-state index contributed by atoms with van der Waals surface area (Å²) in [5.41, 5.74) is 6.06. The Morgan fingerprint density at radius 1 is 1.44 bits per heavy atom. The highest BCUT2D eigenvalue weighted by molar-refractivity contribution is 7.98. The van der Waals surface area contributed by atoms with Gasteiger partial charge in [0.1, 0.15) is 0 Å². The summed E-state index contributed by atoms with van der Waals surface area (Å²) in [6, 6.07) is -0.350. The Kier molecular flexibility index (Phi) is 6.50. The fourth-order valence-corrected chi connectivity index (χ4v) is 3.16. The number of hydrogen-bond donors (Lipinski definition) is 2. The second kappa shape index (κ2) is 7.39. The van der Waals surface area contributed by atoms with E-state index in [2.05, 4.69) is 19.2 Å². The molecule has 3 nitrogen and oxygen atoms in total. The lowest BCUT2D eigenvalue weighted by molar-refractivity contribution is -0.123. The number of amides is 1. The van der Waals surface area contributed by atoms with E-state index in [-0.39, 0.29) is 17.4 Å². The molecule has 0 bridgehead atoms. The minimum Gasteiger partial charge on any atom is -0.354 e. The summed E-state index contributed by atoms with van der Waals surface area (Å²) < 4.78 is 0. The second-order valence-electron chi connectivity index (χ2n) is 6.08. The lowest BCUT2D eigenvalue weighted by atomic mass is 9.77. The third-order valence-electron chi connectivity index (χ3n) is 4.15. The van der Waals surface area contributed by atoms with Crippen molar-refractivity contribution in [2.75, 3.05) is 18.6 Å². The van der Waals surface area contributed by atoms with Crippen LogP contribution in [0, 0.1) is 11.3 Å². The molecule has 1 saturated carbocycles. The van der Waals surface area contributed by atoms with Crippen LogP contribution in [0.4, 0.5) is 0 Å². The van der Waals surface area contributed by atoms with Crippen molar-refractivity contribution in [2.45, 2.75) is 52.0 Å². The zero-order chi connectivity index (χ0) is 13.6. The molecule has 1 atom stereocenters. The van der Waals surface area contributed by atoms with Crippen molar-refractivity contribution < 1.29 is 4.79 Å². The fraction of sp³-hybridized carbons (Fsp3) is 0.929. The van der Waals surface area contributed by atoms with E-state index in [1.165, 1.54) is 25.7 Å². The van der Waals surface area contributed by atoms with Gasteiger partial charge >= 0.3 is 0 Å². The Hall–Kier alpha value is -0.220. The molecule has 0 aromatic heterocycles. The first-order valence-electron chi connectivity index (χ1n) is 6.99. The summed E-state index contributed by atoms with van der Waals surface area (Å²) in [7, 11) is 0. The predicted molar refractivity (Wildman–Crippen MR) is 79.7 cm³/mol. The first-order chi connectivity index (χ1) is 8.47. The summed E-state index contributed by atoms with van der Waals surface area (Å²) in [5.74, 6) is 1.70. The molecule has 3 N–H and O–H groups in total. The van der Waals surface area contributed by atoms with Gasteiger partial charge in [0.25, 0.3) is 0 Å². The normalized spacial score (nSPS) is 18.9. The maximum Gasteiger partial charge on any atom is 0.236 e. The number of carbonyl (C=O) groups is 1. The summed E-state index contributed by atoms with van der Waals surface area (Å²) in [6.45, 7) is 5.27. The number of nitrogens with two attached hydrogens (primary N) is 1. The van der Waals surface area contributed by atoms with Gasteiger partial charge in [0.05, 0.1) is 6.04 Å². The van der Waals surface area contributed by atoms with Crippen molar-refractivity contribution in [2.24, 2.45) is 17.1 Å². The Bertz CT molecular complexity index is 263. The van der Waals surface area contributed by atoms with Crippen LogP contribution in [-0.2, 0) is 4.79 Å². The first kappa shape index (κ1) is 15.8. The smallest absolute Gasteiger partial charge is 0.236 e. The van der Waals surface area contributed by atoms with Crippen LogP contribution in [0.1, 0.15) is 46.0 Å². The van der Waals surface area contributed by atoms with Gasteiger partial charge < -0.3 is 11.1 Å². The minimum absolute atomic E-state index is 0.00937. The van der Waals surface area contributed by atoms with Crippen LogP contribution in [-0.4, -0.2) is 30.5 Å². The average molecular weight is 272 g/mol. The highest BCUT2D eigenvalue weighted by Crippen LogP contribution is 2.38.